The number of carbonyl (C=O) groups excluding carboxylic acids is 5. The highest BCUT2D eigenvalue weighted by Crippen LogP contribution is 2.13. The monoisotopic (exact) mass is 412 g/mol. The minimum atomic E-state index is -5.13. The average Bonchev–Trinajstić information content (AvgIpc) is 2.60. The van der Waals surface area contributed by atoms with Crippen molar-refractivity contribution in [3.63, 3.8) is 0 Å². The average molecular weight is 412 g/mol. The Morgan fingerprint density at radius 3 is 1.89 bits per heavy atom. The molecule has 160 valence electrons. The predicted octanol–water partition coefficient (Wildman–Crippen LogP) is -1.40. The molecule has 0 bridgehead atoms. The molecule has 0 aliphatic rings. The van der Waals surface area contributed by atoms with Crippen LogP contribution in [0.3, 0.4) is 0 Å². The maximum atomic E-state index is 12.2. The van der Waals surface area contributed by atoms with Crippen molar-refractivity contribution in [2.75, 3.05) is 20.2 Å². The first-order valence-corrected chi connectivity index (χ1v) is 8.08. The Bertz CT molecular complexity index is 609. The van der Waals surface area contributed by atoms with Crippen molar-refractivity contribution in [3.05, 3.63) is 0 Å². The molecule has 0 saturated heterocycles. The van der Waals surface area contributed by atoms with E-state index in [1.54, 1.807) is 13.8 Å². The van der Waals surface area contributed by atoms with Crippen LogP contribution in [-0.2, 0) is 28.7 Å². The van der Waals surface area contributed by atoms with Crippen molar-refractivity contribution in [2.45, 2.75) is 39.0 Å². The third kappa shape index (κ3) is 9.19. The predicted molar refractivity (Wildman–Crippen MR) is 88.5 cm³/mol. The quantitative estimate of drug-likeness (QED) is 0.343. The minimum absolute atomic E-state index is 0.379. The van der Waals surface area contributed by atoms with Crippen LogP contribution in [0.1, 0.15) is 20.8 Å². The molecule has 0 fully saturated rings. The number of amides is 4. The molecule has 2 atom stereocenters. The molecule has 0 radical (unpaired) electrons. The molecule has 0 rings (SSSR count). The number of rotatable bonds is 9. The molecule has 13 heteroatoms. The van der Waals surface area contributed by atoms with E-state index in [0.29, 0.717) is 0 Å². The Labute approximate surface area is 158 Å². The highest BCUT2D eigenvalue weighted by molar-refractivity contribution is 5.93. The van der Waals surface area contributed by atoms with Gasteiger partial charge in [0.1, 0.15) is 12.1 Å². The second-order valence-electron chi connectivity index (χ2n) is 6.00. The lowest BCUT2D eigenvalue weighted by Crippen LogP contribution is -2.54. The Hall–Kier alpha value is -2.86. The van der Waals surface area contributed by atoms with Crippen molar-refractivity contribution in [2.24, 2.45) is 5.92 Å². The molecule has 10 nitrogen and oxygen atoms in total. The van der Waals surface area contributed by atoms with Gasteiger partial charge in [0, 0.05) is 0 Å². The van der Waals surface area contributed by atoms with Crippen molar-refractivity contribution in [1.82, 2.24) is 21.3 Å². The van der Waals surface area contributed by atoms with Gasteiger partial charge < -0.3 is 26.0 Å². The zero-order valence-electron chi connectivity index (χ0n) is 15.7. The van der Waals surface area contributed by atoms with Gasteiger partial charge in [0.2, 0.25) is 17.7 Å². The van der Waals surface area contributed by atoms with Crippen LogP contribution in [0.2, 0.25) is 0 Å². The second kappa shape index (κ2) is 11.1. The lowest BCUT2D eigenvalue weighted by molar-refractivity contribution is -0.173. The molecule has 0 aromatic carbocycles. The van der Waals surface area contributed by atoms with E-state index < -0.39 is 60.9 Å². The molecule has 4 amide bonds. The van der Waals surface area contributed by atoms with Gasteiger partial charge >= 0.3 is 18.1 Å². The number of halogens is 3. The van der Waals surface area contributed by atoms with Crippen LogP contribution >= 0.6 is 0 Å². The minimum Gasteiger partial charge on any atom is -0.467 e. The van der Waals surface area contributed by atoms with E-state index in [0.717, 1.165) is 7.11 Å². The van der Waals surface area contributed by atoms with E-state index in [1.165, 1.54) is 12.2 Å². The molecule has 0 saturated carbocycles. The fourth-order valence-corrected chi connectivity index (χ4v) is 1.80. The highest BCUT2D eigenvalue weighted by Gasteiger charge is 2.38. The summed E-state index contributed by atoms with van der Waals surface area (Å²) in [6, 6.07) is -1.99. The SMILES string of the molecule is COC(=O)[C@H](C)NC(=O)[C@@H](NC(=O)CNC(=O)CNC(=O)C(F)(F)F)C(C)C. The normalized spacial score (nSPS) is 13.1. The van der Waals surface area contributed by atoms with Crippen LogP contribution in [0.25, 0.3) is 0 Å². The van der Waals surface area contributed by atoms with E-state index in [-0.39, 0.29) is 5.92 Å². The number of hydrogen-bond donors (Lipinski definition) is 4. The molecular formula is C15H23F3N4O6. The van der Waals surface area contributed by atoms with Crippen LogP contribution in [0.4, 0.5) is 13.2 Å². The topological polar surface area (TPSA) is 143 Å². The number of esters is 1. The Morgan fingerprint density at radius 2 is 1.43 bits per heavy atom. The van der Waals surface area contributed by atoms with Gasteiger partial charge in [-0.15, -0.1) is 0 Å². The zero-order valence-corrected chi connectivity index (χ0v) is 15.7. The summed E-state index contributed by atoms with van der Waals surface area (Å²) >= 11 is 0. The van der Waals surface area contributed by atoms with Crippen molar-refractivity contribution >= 4 is 29.6 Å². The third-order valence-electron chi connectivity index (χ3n) is 3.29. The Kier molecular flexibility index (Phi) is 9.96. The highest BCUT2D eigenvalue weighted by atomic mass is 19.4. The molecule has 0 aliphatic carbocycles. The summed E-state index contributed by atoms with van der Waals surface area (Å²) in [6.45, 7) is 3.02. The number of alkyl halides is 3. The van der Waals surface area contributed by atoms with E-state index in [4.69, 9.17) is 0 Å². The molecule has 28 heavy (non-hydrogen) atoms. The van der Waals surface area contributed by atoms with Gasteiger partial charge in [0.05, 0.1) is 20.2 Å². The number of methoxy groups -OCH3 is 1. The maximum Gasteiger partial charge on any atom is 0.471 e. The van der Waals surface area contributed by atoms with Gasteiger partial charge in [-0.05, 0) is 12.8 Å². The first-order valence-electron chi connectivity index (χ1n) is 8.08. The summed E-state index contributed by atoms with van der Waals surface area (Å²) < 4.78 is 40.5. The number of hydrogen-bond acceptors (Lipinski definition) is 6. The van der Waals surface area contributed by atoms with E-state index in [2.05, 4.69) is 15.4 Å². The van der Waals surface area contributed by atoms with Gasteiger partial charge in [-0.3, -0.25) is 19.2 Å². The Morgan fingerprint density at radius 1 is 0.893 bits per heavy atom. The van der Waals surface area contributed by atoms with Gasteiger partial charge in [-0.2, -0.15) is 13.2 Å². The van der Waals surface area contributed by atoms with Gasteiger partial charge in [0.25, 0.3) is 0 Å². The van der Waals surface area contributed by atoms with Crippen molar-refractivity contribution in [1.29, 1.82) is 0 Å². The third-order valence-corrected chi connectivity index (χ3v) is 3.29. The smallest absolute Gasteiger partial charge is 0.467 e. The molecule has 0 unspecified atom stereocenters. The lowest BCUT2D eigenvalue weighted by Gasteiger charge is -2.23. The van der Waals surface area contributed by atoms with Crippen LogP contribution in [0.5, 0.6) is 0 Å². The molecule has 0 aliphatic heterocycles. The summed E-state index contributed by atoms with van der Waals surface area (Å²) in [4.78, 5) is 57.4. The van der Waals surface area contributed by atoms with Crippen LogP contribution < -0.4 is 21.3 Å². The molecular weight excluding hydrogens is 389 g/mol. The Balaban J connectivity index is 4.55. The van der Waals surface area contributed by atoms with Crippen LogP contribution in [0, 0.1) is 5.92 Å². The van der Waals surface area contributed by atoms with Crippen molar-refractivity contribution in [3.8, 4) is 0 Å². The van der Waals surface area contributed by atoms with Gasteiger partial charge in [-0.25, -0.2) is 4.79 Å². The summed E-state index contributed by atoms with van der Waals surface area (Å²) in [7, 11) is 1.15. The summed E-state index contributed by atoms with van der Waals surface area (Å²) in [5.41, 5.74) is 0. The molecule has 0 aromatic rings. The lowest BCUT2D eigenvalue weighted by atomic mass is 10.0. The van der Waals surface area contributed by atoms with Gasteiger partial charge in [-0.1, -0.05) is 13.8 Å². The van der Waals surface area contributed by atoms with Crippen LogP contribution in [-0.4, -0.2) is 68.1 Å². The summed E-state index contributed by atoms with van der Waals surface area (Å²) in [5.74, 6) is -5.84. The fraction of sp³-hybridized carbons (Fsp3) is 0.667. The molecule has 0 spiro atoms. The molecule has 0 heterocycles. The van der Waals surface area contributed by atoms with E-state index in [9.17, 15) is 37.1 Å². The van der Waals surface area contributed by atoms with Crippen LogP contribution in [0.15, 0.2) is 0 Å². The zero-order chi connectivity index (χ0) is 22.1. The first-order chi connectivity index (χ1) is 12.8. The van der Waals surface area contributed by atoms with Gasteiger partial charge in [0.15, 0.2) is 0 Å². The van der Waals surface area contributed by atoms with E-state index >= 15 is 0 Å². The maximum absolute atomic E-state index is 12.2. The molecule has 4 N–H and O–H groups in total. The number of carbonyl (C=O) groups is 5. The largest absolute Gasteiger partial charge is 0.471 e. The fourth-order valence-electron chi connectivity index (χ4n) is 1.80. The van der Waals surface area contributed by atoms with Crippen molar-refractivity contribution < 1.29 is 41.9 Å². The first kappa shape index (κ1) is 25.1. The molecule has 0 aromatic heterocycles. The standard InChI is InChI=1S/C15H23F3N4O6/c1-7(2)11(12(25)21-8(3)13(26)28-4)22-10(24)6-19-9(23)5-20-14(27)15(16,17)18/h7-8,11H,5-6H2,1-4H3,(H,19,23)(H,20,27)(H,21,25)(H,22,24)/t8-,11-/m0/s1. The summed E-state index contributed by atoms with van der Waals surface area (Å²) in [6.07, 6.45) is -5.13. The second-order valence-corrected chi connectivity index (χ2v) is 6.00. The van der Waals surface area contributed by atoms with E-state index in [1.807, 2.05) is 5.32 Å². The number of ether oxygens (including phenoxy) is 1. The number of nitrogens with one attached hydrogen (secondary N) is 4. The summed E-state index contributed by atoms with van der Waals surface area (Å²) in [5, 5.41) is 8.04.